The molecule has 4 heteroatoms. The van der Waals surface area contributed by atoms with Gasteiger partial charge in [-0.1, -0.05) is 6.42 Å². The third kappa shape index (κ3) is 2.36. The van der Waals surface area contributed by atoms with Crippen LogP contribution in [0.5, 0.6) is 0 Å². The van der Waals surface area contributed by atoms with E-state index in [2.05, 4.69) is 9.55 Å². The SMILES string of the molecule is Cc1cc2c(cc1F)nc(CCCl)n2CC1CCC1. The summed E-state index contributed by atoms with van der Waals surface area (Å²) in [5.41, 5.74) is 2.48. The van der Waals surface area contributed by atoms with Crippen molar-refractivity contribution >= 4 is 22.6 Å². The normalized spacial score (nSPS) is 15.9. The molecule has 1 saturated carbocycles. The van der Waals surface area contributed by atoms with E-state index in [0.29, 0.717) is 11.4 Å². The fraction of sp³-hybridized carbons (Fsp3) is 0.533. The summed E-state index contributed by atoms with van der Waals surface area (Å²) in [4.78, 5) is 4.55. The van der Waals surface area contributed by atoms with E-state index in [1.165, 1.54) is 19.3 Å². The first-order chi connectivity index (χ1) is 9.19. The highest BCUT2D eigenvalue weighted by Crippen LogP contribution is 2.30. The van der Waals surface area contributed by atoms with Crippen molar-refractivity contribution in [3.8, 4) is 0 Å². The maximum atomic E-state index is 13.6. The van der Waals surface area contributed by atoms with Gasteiger partial charge in [0, 0.05) is 24.9 Å². The number of fused-ring (bicyclic) bond motifs is 1. The first kappa shape index (κ1) is 12.9. The molecular weight excluding hydrogens is 263 g/mol. The Kier molecular flexibility index (Phi) is 3.48. The van der Waals surface area contributed by atoms with Gasteiger partial charge in [-0.3, -0.25) is 0 Å². The smallest absolute Gasteiger partial charge is 0.128 e. The van der Waals surface area contributed by atoms with Crippen LogP contribution in [0.4, 0.5) is 4.39 Å². The van der Waals surface area contributed by atoms with E-state index in [9.17, 15) is 4.39 Å². The Balaban J connectivity index is 2.07. The molecule has 0 bridgehead atoms. The second-order valence-electron chi connectivity index (χ2n) is 5.46. The van der Waals surface area contributed by atoms with E-state index in [1.807, 2.05) is 6.07 Å². The molecule has 19 heavy (non-hydrogen) atoms. The predicted molar refractivity (Wildman–Crippen MR) is 76.2 cm³/mol. The lowest BCUT2D eigenvalue weighted by atomic mass is 9.85. The fourth-order valence-electron chi connectivity index (χ4n) is 2.71. The van der Waals surface area contributed by atoms with E-state index in [4.69, 9.17) is 11.6 Å². The molecule has 0 N–H and O–H groups in total. The van der Waals surface area contributed by atoms with Gasteiger partial charge in [-0.25, -0.2) is 9.37 Å². The number of benzene rings is 1. The van der Waals surface area contributed by atoms with E-state index in [1.54, 1.807) is 13.0 Å². The molecule has 0 saturated heterocycles. The number of aryl methyl sites for hydroxylation is 2. The lowest BCUT2D eigenvalue weighted by molar-refractivity contribution is 0.277. The van der Waals surface area contributed by atoms with E-state index < -0.39 is 0 Å². The minimum Gasteiger partial charge on any atom is -0.328 e. The summed E-state index contributed by atoms with van der Waals surface area (Å²) < 4.78 is 15.9. The van der Waals surface area contributed by atoms with Crippen LogP contribution in [0.25, 0.3) is 11.0 Å². The highest BCUT2D eigenvalue weighted by Gasteiger charge is 2.21. The molecule has 2 nitrogen and oxygen atoms in total. The standard InChI is InChI=1S/C15H18ClFN2/c1-10-7-14-13(8-12(10)17)18-15(5-6-16)19(14)9-11-3-2-4-11/h7-8,11H,2-6,9H2,1H3. The maximum Gasteiger partial charge on any atom is 0.128 e. The van der Waals surface area contributed by atoms with Gasteiger partial charge in [-0.05, 0) is 37.3 Å². The van der Waals surface area contributed by atoms with Crippen molar-refractivity contribution in [1.29, 1.82) is 0 Å². The zero-order valence-electron chi connectivity index (χ0n) is 11.1. The Bertz CT molecular complexity index is 602. The zero-order valence-corrected chi connectivity index (χ0v) is 11.9. The highest BCUT2D eigenvalue weighted by atomic mass is 35.5. The Morgan fingerprint density at radius 1 is 1.42 bits per heavy atom. The van der Waals surface area contributed by atoms with Crippen molar-refractivity contribution in [3.05, 3.63) is 29.3 Å². The van der Waals surface area contributed by atoms with Crippen molar-refractivity contribution in [2.24, 2.45) is 5.92 Å². The number of hydrogen-bond acceptors (Lipinski definition) is 1. The monoisotopic (exact) mass is 280 g/mol. The fourth-order valence-corrected chi connectivity index (χ4v) is 2.88. The minimum absolute atomic E-state index is 0.182. The molecule has 1 aromatic carbocycles. The summed E-state index contributed by atoms with van der Waals surface area (Å²) in [6.45, 7) is 2.80. The van der Waals surface area contributed by atoms with Crippen LogP contribution in [-0.2, 0) is 13.0 Å². The molecular formula is C15H18ClFN2. The number of alkyl halides is 1. The number of aromatic nitrogens is 2. The predicted octanol–water partition coefficient (Wildman–Crippen LogP) is 4.07. The maximum absolute atomic E-state index is 13.6. The lowest BCUT2D eigenvalue weighted by Gasteiger charge is -2.26. The molecule has 3 rings (SSSR count). The molecule has 0 unspecified atom stereocenters. The van der Waals surface area contributed by atoms with Crippen LogP contribution in [-0.4, -0.2) is 15.4 Å². The number of imidazole rings is 1. The lowest BCUT2D eigenvalue weighted by Crippen LogP contribution is -2.19. The highest BCUT2D eigenvalue weighted by molar-refractivity contribution is 6.17. The quantitative estimate of drug-likeness (QED) is 0.772. The van der Waals surface area contributed by atoms with Crippen molar-refractivity contribution < 1.29 is 4.39 Å². The van der Waals surface area contributed by atoms with Gasteiger partial charge in [0.25, 0.3) is 0 Å². The number of rotatable bonds is 4. The number of halogens is 2. The molecule has 1 aliphatic rings. The van der Waals surface area contributed by atoms with Gasteiger partial charge in [0.1, 0.15) is 11.6 Å². The summed E-state index contributed by atoms with van der Waals surface area (Å²) >= 11 is 5.86. The van der Waals surface area contributed by atoms with Crippen LogP contribution in [0.2, 0.25) is 0 Å². The second kappa shape index (κ2) is 5.12. The van der Waals surface area contributed by atoms with Crippen molar-refractivity contribution in [2.45, 2.75) is 39.2 Å². The first-order valence-corrected chi connectivity index (χ1v) is 7.43. The largest absolute Gasteiger partial charge is 0.328 e. The van der Waals surface area contributed by atoms with Crippen LogP contribution in [0, 0.1) is 18.7 Å². The van der Waals surface area contributed by atoms with Gasteiger partial charge < -0.3 is 4.57 Å². The molecule has 1 fully saturated rings. The van der Waals surface area contributed by atoms with Crippen molar-refractivity contribution in [2.75, 3.05) is 5.88 Å². The van der Waals surface area contributed by atoms with Gasteiger partial charge in [-0.15, -0.1) is 11.6 Å². The molecule has 1 aromatic heterocycles. The summed E-state index contributed by atoms with van der Waals surface area (Å²) in [5.74, 6) is 2.10. The molecule has 2 aromatic rings. The number of nitrogens with zero attached hydrogens (tertiary/aromatic N) is 2. The van der Waals surface area contributed by atoms with Crippen LogP contribution in [0.15, 0.2) is 12.1 Å². The molecule has 0 aliphatic heterocycles. The zero-order chi connectivity index (χ0) is 13.4. The Morgan fingerprint density at radius 3 is 2.84 bits per heavy atom. The van der Waals surface area contributed by atoms with Crippen LogP contribution in [0.1, 0.15) is 30.7 Å². The van der Waals surface area contributed by atoms with Gasteiger partial charge >= 0.3 is 0 Å². The molecule has 102 valence electrons. The second-order valence-corrected chi connectivity index (χ2v) is 5.84. The average molecular weight is 281 g/mol. The third-order valence-corrected chi connectivity index (χ3v) is 4.28. The van der Waals surface area contributed by atoms with Crippen LogP contribution >= 0.6 is 11.6 Å². The summed E-state index contributed by atoms with van der Waals surface area (Å²) in [6.07, 6.45) is 4.65. The average Bonchev–Trinajstić information content (AvgIpc) is 2.63. The third-order valence-electron chi connectivity index (χ3n) is 4.09. The Labute approximate surface area is 117 Å². The summed E-state index contributed by atoms with van der Waals surface area (Å²) in [7, 11) is 0. The van der Waals surface area contributed by atoms with Crippen LogP contribution < -0.4 is 0 Å². The van der Waals surface area contributed by atoms with Crippen LogP contribution in [0.3, 0.4) is 0 Å². The Hall–Kier alpha value is -1.09. The number of hydrogen-bond donors (Lipinski definition) is 0. The topological polar surface area (TPSA) is 17.8 Å². The molecule has 0 atom stereocenters. The van der Waals surface area contributed by atoms with Gasteiger partial charge in [0.05, 0.1) is 11.0 Å². The van der Waals surface area contributed by atoms with E-state index in [-0.39, 0.29) is 5.82 Å². The van der Waals surface area contributed by atoms with Crippen molar-refractivity contribution in [3.63, 3.8) is 0 Å². The minimum atomic E-state index is -0.182. The molecule has 1 aliphatic carbocycles. The Morgan fingerprint density at radius 2 is 2.21 bits per heavy atom. The van der Waals surface area contributed by atoms with Crippen molar-refractivity contribution in [1.82, 2.24) is 9.55 Å². The van der Waals surface area contributed by atoms with Gasteiger partial charge in [0.2, 0.25) is 0 Å². The first-order valence-electron chi connectivity index (χ1n) is 6.90. The van der Waals surface area contributed by atoms with E-state index in [0.717, 1.165) is 35.7 Å². The molecule has 0 radical (unpaired) electrons. The summed E-state index contributed by atoms with van der Waals surface area (Å²) in [6, 6.07) is 3.45. The molecule has 0 spiro atoms. The summed E-state index contributed by atoms with van der Waals surface area (Å²) in [5, 5.41) is 0. The molecule has 0 amide bonds. The van der Waals surface area contributed by atoms with Gasteiger partial charge in [-0.2, -0.15) is 0 Å². The van der Waals surface area contributed by atoms with Gasteiger partial charge in [0.15, 0.2) is 0 Å². The molecule has 1 heterocycles. The van der Waals surface area contributed by atoms with E-state index >= 15 is 0 Å².